The Labute approximate surface area is 131 Å². The zero-order valence-electron chi connectivity index (χ0n) is 13.3. The van der Waals surface area contributed by atoms with Crippen LogP contribution in [0.2, 0.25) is 0 Å². The lowest BCUT2D eigenvalue weighted by molar-refractivity contribution is -0.121. The van der Waals surface area contributed by atoms with Gasteiger partial charge in [0.15, 0.2) is 0 Å². The molecule has 0 atom stereocenters. The van der Waals surface area contributed by atoms with Gasteiger partial charge in [0.25, 0.3) is 0 Å². The van der Waals surface area contributed by atoms with Gasteiger partial charge in [-0.05, 0) is 37.8 Å². The Kier molecular flexibility index (Phi) is 5.81. The van der Waals surface area contributed by atoms with Crippen molar-refractivity contribution in [1.82, 2.24) is 4.90 Å². The zero-order valence-corrected chi connectivity index (χ0v) is 13.3. The van der Waals surface area contributed by atoms with Crippen LogP contribution in [0.1, 0.15) is 32.3 Å². The Morgan fingerprint density at radius 2 is 1.91 bits per heavy atom. The molecule has 1 saturated heterocycles. The Morgan fingerprint density at radius 1 is 1.23 bits per heavy atom. The normalized spacial score (nSPS) is 15.5. The molecule has 1 fully saturated rings. The molecule has 1 N–H and O–H groups in total. The van der Waals surface area contributed by atoms with E-state index in [1.807, 2.05) is 24.3 Å². The third-order valence-corrected chi connectivity index (χ3v) is 4.05. The number of aryl methyl sites for hydroxylation is 1. The van der Waals surface area contributed by atoms with Crippen molar-refractivity contribution < 1.29 is 14.3 Å². The molecule has 22 heavy (non-hydrogen) atoms. The highest BCUT2D eigenvalue weighted by molar-refractivity contribution is 5.93. The number of carbonyl (C=O) groups excluding carboxylic acids is 2. The number of anilines is 1. The van der Waals surface area contributed by atoms with E-state index in [9.17, 15) is 9.59 Å². The summed E-state index contributed by atoms with van der Waals surface area (Å²) < 4.78 is 4.99. The monoisotopic (exact) mass is 304 g/mol. The van der Waals surface area contributed by atoms with E-state index in [0.717, 1.165) is 17.7 Å². The highest BCUT2D eigenvalue weighted by atomic mass is 16.6. The molecule has 0 unspecified atom stereocenters. The van der Waals surface area contributed by atoms with Crippen molar-refractivity contribution in [2.45, 2.75) is 33.1 Å². The molecule has 5 heteroatoms. The van der Waals surface area contributed by atoms with Crippen molar-refractivity contribution in [3.8, 4) is 0 Å². The van der Waals surface area contributed by atoms with Crippen LogP contribution < -0.4 is 5.32 Å². The van der Waals surface area contributed by atoms with Crippen LogP contribution in [-0.2, 0) is 16.0 Å². The van der Waals surface area contributed by atoms with E-state index in [1.165, 1.54) is 0 Å². The second kappa shape index (κ2) is 7.82. The van der Waals surface area contributed by atoms with Crippen molar-refractivity contribution in [2.75, 3.05) is 25.0 Å². The highest BCUT2D eigenvalue weighted by Gasteiger charge is 2.28. The van der Waals surface area contributed by atoms with E-state index in [0.29, 0.717) is 32.5 Å². The molecular formula is C17H24N2O3. The summed E-state index contributed by atoms with van der Waals surface area (Å²) in [6.07, 6.45) is 1.97. The number of nitrogens with one attached hydrogen (secondary N) is 1. The Hall–Kier alpha value is -2.04. The quantitative estimate of drug-likeness (QED) is 0.930. The number of likely N-dealkylation sites (tertiary alicyclic amines) is 1. The smallest absolute Gasteiger partial charge is 0.409 e. The molecule has 5 nitrogen and oxygen atoms in total. The fourth-order valence-electron chi connectivity index (χ4n) is 2.72. The van der Waals surface area contributed by atoms with Gasteiger partial charge in [0.2, 0.25) is 5.91 Å². The number of ether oxygens (including phenoxy) is 1. The molecule has 0 bridgehead atoms. The number of amides is 2. The van der Waals surface area contributed by atoms with Crippen LogP contribution in [0.25, 0.3) is 0 Å². The molecule has 120 valence electrons. The molecule has 1 aliphatic rings. The van der Waals surface area contributed by atoms with Crippen molar-refractivity contribution >= 4 is 17.7 Å². The first kappa shape index (κ1) is 16.3. The fourth-order valence-corrected chi connectivity index (χ4v) is 2.72. The van der Waals surface area contributed by atoms with Crippen molar-refractivity contribution in [1.29, 1.82) is 0 Å². The molecule has 2 amide bonds. The maximum absolute atomic E-state index is 12.4. The van der Waals surface area contributed by atoms with Crippen LogP contribution in [0.4, 0.5) is 10.5 Å². The van der Waals surface area contributed by atoms with E-state index in [4.69, 9.17) is 4.74 Å². The molecule has 0 radical (unpaired) electrons. The summed E-state index contributed by atoms with van der Waals surface area (Å²) in [6.45, 7) is 5.40. The lowest BCUT2D eigenvalue weighted by Gasteiger charge is -2.30. The third kappa shape index (κ3) is 4.00. The summed E-state index contributed by atoms with van der Waals surface area (Å²) >= 11 is 0. The van der Waals surface area contributed by atoms with Crippen molar-refractivity contribution in [2.24, 2.45) is 5.92 Å². The number of hydrogen-bond acceptors (Lipinski definition) is 3. The van der Waals surface area contributed by atoms with E-state index in [-0.39, 0.29) is 17.9 Å². The van der Waals surface area contributed by atoms with Gasteiger partial charge in [-0.3, -0.25) is 4.79 Å². The minimum atomic E-state index is -0.280. The molecule has 0 saturated carbocycles. The zero-order chi connectivity index (χ0) is 15.9. The highest BCUT2D eigenvalue weighted by Crippen LogP contribution is 2.22. The first-order chi connectivity index (χ1) is 10.7. The molecule has 0 aromatic heterocycles. The van der Waals surface area contributed by atoms with Gasteiger partial charge >= 0.3 is 6.09 Å². The van der Waals surface area contributed by atoms with Crippen LogP contribution >= 0.6 is 0 Å². The van der Waals surface area contributed by atoms with Crippen LogP contribution in [0.15, 0.2) is 24.3 Å². The van der Waals surface area contributed by atoms with E-state index in [1.54, 1.807) is 11.8 Å². The fraction of sp³-hybridized carbons (Fsp3) is 0.529. The van der Waals surface area contributed by atoms with Gasteiger partial charge in [-0.15, -0.1) is 0 Å². The van der Waals surface area contributed by atoms with Crippen LogP contribution in [-0.4, -0.2) is 36.6 Å². The first-order valence-electron chi connectivity index (χ1n) is 7.96. The van der Waals surface area contributed by atoms with Gasteiger partial charge in [-0.1, -0.05) is 25.1 Å². The minimum absolute atomic E-state index is 0.0457. The maximum Gasteiger partial charge on any atom is 0.409 e. The van der Waals surface area contributed by atoms with Gasteiger partial charge in [-0.2, -0.15) is 0 Å². The Morgan fingerprint density at radius 3 is 2.55 bits per heavy atom. The number of para-hydroxylation sites is 1. The number of hydrogen-bond donors (Lipinski definition) is 1. The van der Waals surface area contributed by atoms with E-state index < -0.39 is 0 Å². The molecule has 0 aliphatic carbocycles. The number of nitrogens with zero attached hydrogens (tertiary/aromatic N) is 1. The molecule has 1 aliphatic heterocycles. The van der Waals surface area contributed by atoms with E-state index >= 15 is 0 Å². The number of benzene rings is 1. The van der Waals surface area contributed by atoms with Crippen LogP contribution in [0, 0.1) is 5.92 Å². The minimum Gasteiger partial charge on any atom is -0.450 e. The topological polar surface area (TPSA) is 58.6 Å². The third-order valence-electron chi connectivity index (χ3n) is 4.05. The molecule has 0 spiro atoms. The van der Waals surface area contributed by atoms with Gasteiger partial charge < -0.3 is 15.0 Å². The summed E-state index contributed by atoms with van der Waals surface area (Å²) in [5.41, 5.74) is 2.03. The van der Waals surface area contributed by atoms with Gasteiger partial charge in [0.1, 0.15) is 0 Å². The van der Waals surface area contributed by atoms with Gasteiger partial charge in [0, 0.05) is 24.7 Å². The summed E-state index contributed by atoms with van der Waals surface area (Å²) in [5.74, 6) is -0.00000218. The second-order valence-electron chi connectivity index (χ2n) is 5.46. The summed E-state index contributed by atoms with van der Waals surface area (Å²) in [6, 6.07) is 7.87. The SMILES string of the molecule is CCOC(=O)N1CCC(C(=O)Nc2ccccc2CC)CC1. The molecule has 2 rings (SSSR count). The summed E-state index contributed by atoms with van der Waals surface area (Å²) in [7, 11) is 0. The van der Waals surface area contributed by atoms with Gasteiger partial charge in [-0.25, -0.2) is 4.79 Å². The molecule has 1 aromatic carbocycles. The van der Waals surface area contributed by atoms with Crippen molar-refractivity contribution in [3.63, 3.8) is 0 Å². The van der Waals surface area contributed by atoms with Crippen LogP contribution in [0.5, 0.6) is 0 Å². The standard InChI is InChI=1S/C17H24N2O3/c1-3-13-7-5-6-8-15(13)18-16(20)14-9-11-19(12-10-14)17(21)22-4-2/h5-8,14H,3-4,9-12H2,1-2H3,(H,18,20). The maximum atomic E-state index is 12.4. The summed E-state index contributed by atoms with van der Waals surface area (Å²) in [5, 5.41) is 3.03. The predicted octanol–water partition coefficient (Wildman–Crippen LogP) is 3.06. The Balaban J connectivity index is 1.89. The largest absolute Gasteiger partial charge is 0.450 e. The average Bonchev–Trinajstić information content (AvgIpc) is 2.55. The lowest BCUT2D eigenvalue weighted by Crippen LogP contribution is -2.41. The van der Waals surface area contributed by atoms with E-state index in [2.05, 4.69) is 12.2 Å². The van der Waals surface area contributed by atoms with Crippen LogP contribution in [0.3, 0.4) is 0 Å². The molecular weight excluding hydrogens is 280 g/mol. The van der Waals surface area contributed by atoms with Crippen molar-refractivity contribution in [3.05, 3.63) is 29.8 Å². The number of rotatable bonds is 4. The Bertz CT molecular complexity index is 522. The summed E-state index contributed by atoms with van der Waals surface area (Å²) in [4.78, 5) is 25.7. The predicted molar refractivity (Wildman–Crippen MR) is 85.8 cm³/mol. The number of piperidine rings is 1. The molecule has 1 heterocycles. The number of carbonyl (C=O) groups is 2. The second-order valence-corrected chi connectivity index (χ2v) is 5.46. The first-order valence-corrected chi connectivity index (χ1v) is 7.96. The average molecular weight is 304 g/mol. The van der Waals surface area contributed by atoms with Gasteiger partial charge in [0.05, 0.1) is 6.61 Å². The molecule has 1 aromatic rings. The lowest BCUT2D eigenvalue weighted by atomic mass is 9.96.